The van der Waals surface area contributed by atoms with Gasteiger partial charge in [0.1, 0.15) is 12.4 Å². The average Bonchev–Trinajstić information content (AvgIpc) is 2.67. The maximum Gasteiger partial charge on any atom is 0.313 e. The number of hydrogen-bond acceptors (Lipinski definition) is 6. The van der Waals surface area contributed by atoms with E-state index in [1.54, 1.807) is 0 Å². The number of hydrogen-bond donors (Lipinski definition) is 0. The first kappa shape index (κ1) is 17.9. The molecular weight excluding hydrogens is 338 g/mol. The van der Waals surface area contributed by atoms with Crippen LogP contribution in [-0.2, 0) is 27.5 Å². The van der Waals surface area contributed by atoms with Crippen LogP contribution in [0.5, 0.6) is 5.75 Å². The zero-order valence-corrected chi connectivity index (χ0v) is 14.3. The molecule has 1 aliphatic heterocycles. The summed E-state index contributed by atoms with van der Waals surface area (Å²) in [7, 11) is 0. The Morgan fingerprint density at radius 1 is 1.31 bits per heavy atom. The lowest BCUT2D eigenvalue weighted by Gasteiger charge is -2.21. The van der Waals surface area contributed by atoms with Crippen molar-refractivity contribution in [2.75, 3.05) is 6.79 Å². The van der Waals surface area contributed by atoms with E-state index in [1.807, 2.05) is 37.3 Å². The lowest BCUT2D eigenvalue weighted by atomic mass is 9.97. The van der Waals surface area contributed by atoms with Crippen LogP contribution in [0, 0.1) is 10.1 Å². The molecule has 0 bridgehead atoms. The molecule has 0 radical (unpaired) electrons. The first-order valence-electron chi connectivity index (χ1n) is 8.32. The van der Waals surface area contributed by atoms with Crippen LogP contribution in [0.15, 0.2) is 42.5 Å². The Morgan fingerprint density at radius 2 is 2.08 bits per heavy atom. The van der Waals surface area contributed by atoms with E-state index in [1.165, 1.54) is 12.1 Å². The number of carbonyl (C=O) groups is 1. The van der Waals surface area contributed by atoms with Crippen molar-refractivity contribution < 1.29 is 23.9 Å². The second-order valence-corrected chi connectivity index (χ2v) is 5.94. The first-order valence-corrected chi connectivity index (χ1v) is 8.32. The van der Waals surface area contributed by atoms with Crippen molar-refractivity contribution in [1.82, 2.24) is 0 Å². The fraction of sp³-hybridized carbons (Fsp3) is 0.316. The molecule has 0 fully saturated rings. The van der Waals surface area contributed by atoms with Crippen LogP contribution in [0.4, 0.5) is 5.69 Å². The summed E-state index contributed by atoms with van der Waals surface area (Å²) in [6.07, 6.45) is 0.597. The SMILES string of the molecule is CC[C@@H](C(=O)OCc1cc([N+](=O)[O-])cc2c1OCOC2)c1ccccc1. The number of benzene rings is 2. The predicted molar refractivity (Wildman–Crippen MR) is 92.7 cm³/mol. The Balaban J connectivity index is 1.79. The molecule has 2 aromatic rings. The van der Waals surface area contributed by atoms with Crippen LogP contribution >= 0.6 is 0 Å². The van der Waals surface area contributed by atoms with Gasteiger partial charge in [0.2, 0.25) is 0 Å². The standard InChI is InChI=1S/C19H19NO6/c1-2-17(13-6-4-3-5-7-13)19(21)25-11-15-9-16(20(22)23)8-14-10-24-12-26-18(14)15/h3-9,17H,2,10-12H2,1H3/t17-/m1/s1. The molecule has 26 heavy (non-hydrogen) atoms. The molecule has 1 heterocycles. The molecule has 7 nitrogen and oxygen atoms in total. The van der Waals surface area contributed by atoms with E-state index < -0.39 is 4.92 Å². The van der Waals surface area contributed by atoms with E-state index in [4.69, 9.17) is 14.2 Å². The van der Waals surface area contributed by atoms with Crippen LogP contribution in [0.1, 0.15) is 36.0 Å². The molecule has 0 aliphatic carbocycles. The summed E-state index contributed by atoms with van der Waals surface area (Å²) >= 11 is 0. The highest BCUT2D eigenvalue weighted by Gasteiger charge is 2.24. The molecule has 136 valence electrons. The number of non-ortho nitro benzene ring substituents is 1. The van der Waals surface area contributed by atoms with Gasteiger partial charge in [-0.1, -0.05) is 37.3 Å². The highest BCUT2D eigenvalue weighted by Crippen LogP contribution is 2.33. The molecule has 0 spiro atoms. The van der Waals surface area contributed by atoms with Gasteiger partial charge in [-0.3, -0.25) is 14.9 Å². The Morgan fingerprint density at radius 3 is 2.77 bits per heavy atom. The highest BCUT2D eigenvalue weighted by molar-refractivity contribution is 5.78. The molecule has 7 heteroatoms. The van der Waals surface area contributed by atoms with Crippen molar-refractivity contribution in [3.05, 3.63) is 69.3 Å². The minimum atomic E-state index is -0.487. The quantitative estimate of drug-likeness (QED) is 0.445. The fourth-order valence-corrected chi connectivity index (χ4v) is 2.97. The molecule has 0 saturated carbocycles. The zero-order chi connectivity index (χ0) is 18.5. The molecule has 1 aliphatic rings. The first-order chi connectivity index (χ1) is 12.6. The van der Waals surface area contributed by atoms with Gasteiger partial charge in [-0.15, -0.1) is 0 Å². The maximum absolute atomic E-state index is 12.5. The monoisotopic (exact) mass is 357 g/mol. The Bertz CT molecular complexity index is 805. The topological polar surface area (TPSA) is 87.9 Å². The van der Waals surface area contributed by atoms with Crippen molar-refractivity contribution >= 4 is 11.7 Å². The summed E-state index contributed by atoms with van der Waals surface area (Å²) in [6, 6.07) is 12.2. The molecule has 2 aromatic carbocycles. The number of esters is 1. The third-order valence-electron chi connectivity index (χ3n) is 4.25. The maximum atomic E-state index is 12.5. The number of nitro groups is 1. The normalized spacial score (nSPS) is 14.0. The van der Waals surface area contributed by atoms with Crippen molar-refractivity contribution in [3.8, 4) is 5.75 Å². The van der Waals surface area contributed by atoms with Crippen molar-refractivity contribution in [1.29, 1.82) is 0 Å². The minimum Gasteiger partial charge on any atom is -0.467 e. The van der Waals surface area contributed by atoms with Gasteiger partial charge >= 0.3 is 5.97 Å². The summed E-state index contributed by atoms with van der Waals surface area (Å²) in [4.78, 5) is 23.2. The van der Waals surface area contributed by atoms with Crippen LogP contribution < -0.4 is 4.74 Å². The number of carbonyl (C=O) groups excluding carboxylic acids is 1. The van der Waals surface area contributed by atoms with E-state index in [2.05, 4.69) is 0 Å². The van der Waals surface area contributed by atoms with Gasteiger partial charge in [0.25, 0.3) is 5.69 Å². The zero-order valence-electron chi connectivity index (χ0n) is 14.3. The van der Waals surface area contributed by atoms with Gasteiger partial charge in [0, 0.05) is 23.3 Å². The number of ether oxygens (including phenoxy) is 3. The molecule has 3 rings (SSSR count). The summed E-state index contributed by atoms with van der Waals surface area (Å²) in [5, 5.41) is 11.1. The smallest absolute Gasteiger partial charge is 0.313 e. The lowest BCUT2D eigenvalue weighted by Crippen LogP contribution is -2.17. The molecular formula is C19H19NO6. The Labute approximate surface area is 150 Å². The minimum absolute atomic E-state index is 0.0629. The predicted octanol–water partition coefficient (Wildman–Crippen LogP) is 3.70. The van der Waals surface area contributed by atoms with E-state index >= 15 is 0 Å². The number of nitrogens with zero attached hydrogens (tertiary/aromatic N) is 1. The molecule has 0 saturated heterocycles. The van der Waals surface area contributed by atoms with E-state index in [9.17, 15) is 14.9 Å². The number of rotatable bonds is 6. The molecule has 0 N–H and O–H groups in total. The van der Waals surface area contributed by atoms with Crippen LogP contribution in [0.2, 0.25) is 0 Å². The van der Waals surface area contributed by atoms with Crippen molar-refractivity contribution in [2.24, 2.45) is 0 Å². The third kappa shape index (κ3) is 3.83. The fourth-order valence-electron chi connectivity index (χ4n) is 2.97. The van der Waals surface area contributed by atoms with E-state index in [-0.39, 0.29) is 37.6 Å². The Kier molecular flexibility index (Phi) is 5.48. The summed E-state index contributed by atoms with van der Waals surface area (Å²) in [5.74, 6) is -0.261. The van der Waals surface area contributed by atoms with Gasteiger partial charge in [-0.05, 0) is 12.0 Å². The van der Waals surface area contributed by atoms with E-state index in [0.29, 0.717) is 23.3 Å². The third-order valence-corrected chi connectivity index (χ3v) is 4.25. The average molecular weight is 357 g/mol. The van der Waals surface area contributed by atoms with Crippen LogP contribution in [-0.4, -0.2) is 17.7 Å². The van der Waals surface area contributed by atoms with Crippen molar-refractivity contribution in [2.45, 2.75) is 32.5 Å². The molecule has 1 atom stereocenters. The highest BCUT2D eigenvalue weighted by atomic mass is 16.7. The summed E-state index contributed by atoms with van der Waals surface area (Å²) < 4.78 is 16.1. The second-order valence-electron chi connectivity index (χ2n) is 5.94. The van der Waals surface area contributed by atoms with E-state index in [0.717, 1.165) is 5.56 Å². The van der Waals surface area contributed by atoms with Gasteiger partial charge in [-0.25, -0.2) is 0 Å². The number of nitro benzene ring substituents is 1. The number of fused-ring (bicyclic) bond motifs is 1. The van der Waals surface area contributed by atoms with Gasteiger partial charge in [0.05, 0.1) is 17.4 Å². The largest absolute Gasteiger partial charge is 0.467 e. The second kappa shape index (κ2) is 7.97. The van der Waals surface area contributed by atoms with Crippen molar-refractivity contribution in [3.63, 3.8) is 0 Å². The lowest BCUT2D eigenvalue weighted by molar-refractivity contribution is -0.385. The molecule has 0 aromatic heterocycles. The van der Waals surface area contributed by atoms with Crippen LogP contribution in [0.25, 0.3) is 0 Å². The van der Waals surface area contributed by atoms with Gasteiger partial charge < -0.3 is 14.2 Å². The summed E-state index contributed by atoms with van der Waals surface area (Å²) in [6.45, 7) is 2.10. The Hall–Kier alpha value is -2.93. The van der Waals surface area contributed by atoms with Crippen LogP contribution in [0.3, 0.4) is 0 Å². The molecule has 0 unspecified atom stereocenters. The molecule has 0 amide bonds. The van der Waals surface area contributed by atoms with Gasteiger partial charge in [-0.2, -0.15) is 0 Å². The van der Waals surface area contributed by atoms with Gasteiger partial charge in [0.15, 0.2) is 6.79 Å². The summed E-state index contributed by atoms with van der Waals surface area (Å²) in [5.41, 5.74) is 1.84.